The standard InChI is InChI=1S/C23H25FN4O4S/c24-19-11-16(3-4-20(19)28-33(30,31)13-14-6-9-32-10-7-14)18-12-21(27-23(29)15-1-2-15)26-22-17(18)5-8-25-22/h3-5,8,11-12,14-15,28H,1-2,6-7,9-10,13H2,(H2,25,26,27,29). The van der Waals surface area contributed by atoms with Crippen molar-refractivity contribution >= 4 is 38.5 Å². The second kappa shape index (κ2) is 8.75. The van der Waals surface area contributed by atoms with E-state index in [0.717, 1.165) is 18.2 Å². The Morgan fingerprint density at radius 3 is 2.67 bits per heavy atom. The lowest BCUT2D eigenvalue weighted by atomic mass is 10.0. The fraction of sp³-hybridized carbons (Fsp3) is 0.391. The monoisotopic (exact) mass is 472 g/mol. The van der Waals surface area contributed by atoms with Crippen molar-refractivity contribution < 1.29 is 22.3 Å². The maximum atomic E-state index is 15.0. The van der Waals surface area contributed by atoms with E-state index in [4.69, 9.17) is 4.74 Å². The molecule has 3 aromatic rings. The molecule has 1 aromatic carbocycles. The van der Waals surface area contributed by atoms with Crippen molar-refractivity contribution in [1.82, 2.24) is 9.97 Å². The predicted molar refractivity (Wildman–Crippen MR) is 124 cm³/mol. The molecule has 0 unspecified atom stereocenters. The Morgan fingerprint density at radius 1 is 1.15 bits per heavy atom. The van der Waals surface area contributed by atoms with Crippen molar-refractivity contribution in [2.75, 3.05) is 29.0 Å². The zero-order valence-corrected chi connectivity index (χ0v) is 18.8. The predicted octanol–water partition coefficient (Wildman–Crippen LogP) is 3.89. The molecule has 174 valence electrons. The van der Waals surface area contributed by atoms with Gasteiger partial charge >= 0.3 is 0 Å². The van der Waals surface area contributed by atoms with Crippen LogP contribution in [-0.4, -0.2) is 43.3 Å². The molecule has 2 aromatic heterocycles. The van der Waals surface area contributed by atoms with Gasteiger partial charge in [0.2, 0.25) is 15.9 Å². The molecule has 0 radical (unpaired) electrons. The Bertz CT molecular complexity index is 1300. The van der Waals surface area contributed by atoms with Gasteiger partial charge in [0.25, 0.3) is 0 Å². The van der Waals surface area contributed by atoms with Crippen LogP contribution in [0.2, 0.25) is 0 Å². The number of nitrogens with one attached hydrogen (secondary N) is 3. The number of sulfonamides is 1. The minimum Gasteiger partial charge on any atom is -0.381 e. The highest BCUT2D eigenvalue weighted by molar-refractivity contribution is 7.92. The third kappa shape index (κ3) is 5.01. The molecule has 1 amide bonds. The maximum Gasteiger partial charge on any atom is 0.233 e. The minimum atomic E-state index is -3.69. The van der Waals surface area contributed by atoms with Crippen LogP contribution in [0.5, 0.6) is 0 Å². The topological polar surface area (TPSA) is 113 Å². The summed E-state index contributed by atoms with van der Waals surface area (Å²) in [6, 6.07) is 7.91. The van der Waals surface area contributed by atoms with E-state index in [1.165, 1.54) is 12.1 Å². The molecule has 1 aliphatic carbocycles. The van der Waals surface area contributed by atoms with Crippen molar-refractivity contribution in [3.63, 3.8) is 0 Å². The van der Waals surface area contributed by atoms with Gasteiger partial charge in [0.05, 0.1) is 11.4 Å². The van der Waals surface area contributed by atoms with Crippen LogP contribution in [0.3, 0.4) is 0 Å². The lowest BCUT2D eigenvalue weighted by Crippen LogP contribution is -2.27. The van der Waals surface area contributed by atoms with Crippen molar-refractivity contribution in [3.05, 3.63) is 42.3 Å². The van der Waals surface area contributed by atoms with Gasteiger partial charge in [-0.1, -0.05) is 6.07 Å². The van der Waals surface area contributed by atoms with Gasteiger partial charge in [-0.25, -0.2) is 17.8 Å². The number of hydrogen-bond acceptors (Lipinski definition) is 5. The van der Waals surface area contributed by atoms with Crippen LogP contribution in [0.15, 0.2) is 36.5 Å². The number of carbonyl (C=O) groups excluding carboxylic acids is 1. The molecule has 3 N–H and O–H groups in total. The molecule has 5 rings (SSSR count). The molecule has 1 aliphatic heterocycles. The average molecular weight is 473 g/mol. The van der Waals surface area contributed by atoms with E-state index in [9.17, 15) is 17.6 Å². The first-order valence-electron chi connectivity index (χ1n) is 11.0. The molecule has 8 nitrogen and oxygen atoms in total. The number of nitrogens with zero attached hydrogens (tertiary/aromatic N) is 1. The number of ether oxygens (including phenoxy) is 1. The lowest BCUT2D eigenvalue weighted by Gasteiger charge is -2.22. The second-order valence-corrected chi connectivity index (χ2v) is 10.5. The zero-order chi connectivity index (χ0) is 23.0. The number of rotatable bonds is 7. The number of anilines is 2. The maximum absolute atomic E-state index is 15.0. The van der Waals surface area contributed by atoms with Gasteiger partial charge in [-0.3, -0.25) is 9.52 Å². The normalized spacial score (nSPS) is 17.2. The van der Waals surface area contributed by atoms with E-state index in [1.54, 1.807) is 18.3 Å². The van der Waals surface area contributed by atoms with Crippen LogP contribution >= 0.6 is 0 Å². The van der Waals surface area contributed by atoms with Crippen molar-refractivity contribution in [2.24, 2.45) is 11.8 Å². The van der Waals surface area contributed by atoms with E-state index in [0.29, 0.717) is 48.6 Å². The molecule has 0 atom stereocenters. The number of benzene rings is 1. The largest absolute Gasteiger partial charge is 0.381 e. The van der Waals surface area contributed by atoms with E-state index in [2.05, 4.69) is 20.0 Å². The van der Waals surface area contributed by atoms with Crippen LogP contribution in [0.1, 0.15) is 25.7 Å². The summed E-state index contributed by atoms with van der Waals surface area (Å²) in [5, 5.41) is 3.60. The molecule has 0 bridgehead atoms. The van der Waals surface area contributed by atoms with Crippen LogP contribution in [0.25, 0.3) is 22.2 Å². The van der Waals surface area contributed by atoms with Gasteiger partial charge in [-0.15, -0.1) is 0 Å². The summed E-state index contributed by atoms with van der Waals surface area (Å²) in [6.45, 7) is 1.10. The SMILES string of the molecule is O=C(Nc1cc(-c2ccc(NS(=O)(=O)CC3CCOCC3)c(F)c2)c2cc[nH]c2n1)C1CC1. The van der Waals surface area contributed by atoms with E-state index in [1.807, 2.05) is 6.07 Å². The summed E-state index contributed by atoms with van der Waals surface area (Å²) >= 11 is 0. The number of halogens is 1. The quantitative estimate of drug-likeness (QED) is 0.483. The van der Waals surface area contributed by atoms with E-state index < -0.39 is 15.8 Å². The zero-order valence-electron chi connectivity index (χ0n) is 17.9. The summed E-state index contributed by atoms with van der Waals surface area (Å²) in [5.74, 6) is -0.386. The first-order valence-corrected chi connectivity index (χ1v) is 12.7. The van der Waals surface area contributed by atoms with Crippen LogP contribution in [0.4, 0.5) is 15.9 Å². The molecule has 1 saturated carbocycles. The molecular formula is C23H25FN4O4S. The first-order chi connectivity index (χ1) is 15.9. The number of amides is 1. The minimum absolute atomic E-state index is 0.00143. The van der Waals surface area contributed by atoms with Gasteiger partial charge in [0.1, 0.15) is 17.3 Å². The average Bonchev–Trinajstić information content (AvgIpc) is 3.53. The number of carbonyl (C=O) groups is 1. The van der Waals surface area contributed by atoms with Crippen molar-refractivity contribution in [1.29, 1.82) is 0 Å². The Morgan fingerprint density at radius 2 is 1.94 bits per heavy atom. The first kappa shape index (κ1) is 21.8. The Kier molecular flexibility index (Phi) is 5.79. The molecule has 10 heteroatoms. The fourth-order valence-corrected chi connectivity index (χ4v) is 5.65. The van der Waals surface area contributed by atoms with Crippen molar-refractivity contribution in [3.8, 4) is 11.1 Å². The molecule has 2 aliphatic rings. The highest BCUT2D eigenvalue weighted by Crippen LogP contribution is 2.34. The molecule has 1 saturated heterocycles. The molecule has 2 fully saturated rings. The number of H-pyrrole nitrogens is 1. The Labute approximate surface area is 191 Å². The summed E-state index contributed by atoms with van der Waals surface area (Å²) in [5.41, 5.74) is 1.71. The third-order valence-corrected chi connectivity index (χ3v) is 7.51. The summed E-state index contributed by atoms with van der Waals surface area (Å²) in [4.78, 5) is 19.6. The number of aromatic amines is 1. The summed E-state index contributed by atoms with van der Waals surface area (Å²) < 4.78 is 47.7. The van der Waals surface area contributed by atoms with Gasteiger partial charge < -0.3 is 15.0 Å². The van der Waals surface area contributed by atoms with Crippen LogP contribution < -0.4 is 10.0 Å². The Balaban J connectivity index is 1.39. The van der Waals surface area contributed by atoms with Crippen LogP contribution in [0, 0.1) is 17.7 Å². The highest BCUT2D eigenvalue weighted by Gasteiger charge is 2.30. The van der Waals surface area contributed by atoms with Gasteiger partial charge in [-0.2, -0.15) is 0 Å². The van der Waals surface area contributed by atoms with Gasteiger partial charge in [0.15, 0.2) is 0 Å². The summed E-state index contributed by atoms with van der Waals surface area (Å²) in [7, 11) is -3.69. The molecule has 3 heterocycles. The number of aromatic nitrogens is 2. The number of fused-ring (bicyclic) bond motifs is 1. The van der Waals surface area contributed by atoms with Gasteiger partial charge in [0, 0.05) is 30.7 Å². The second-order valence-electron chi connectivity index (χ2n) is 8.69. The fourth-order valence-electron chi connectivity index (χ4n) is 4.11. The number of hydrogen-bond donors (Lipinski definition) is 3. The highest BCUT2D eigenvalue weighted by atomic mass is 32.2. The Hall–Kier alpha value is -2.98. The smallest absolute Gasteiger partial charge is 0.233 e. The summed E-state index contributed by atoms with van der Waals surface area (Å²) in [6.07, 6.45) is 4.83. The molecule has 33 heavy (non-hydrogen) atoms. The lowest BCUT2D eigenvalue weighted by molar-refractivity contribution is -0.117. The van der Waals surface area contributed by atoms with Gasteiger partial charge in [-0.05, 0) is 67.0 Å². The molecule has 0 spiro atoms. The van der Waals surface area contributed by atoms with Crippen molar-refractivity contribution in [2.45, 2.75) is 25.7 Å². The third-order valence-electron chi connectivity index (χ3n) is 6.07. The van der Waals surface area contributed by atoms with Crippen LogP contribution in [-0.2, 0) is 19.6 Å². The number of pyridine rings is 1. The molecular weight excluding hydrogens is 447 g/mol. The van der Waals surface area contributed by atoms with E-state index >= 15 is 0 Å². The van der Waals surface area contributed by atoms with E-state index in [-0.39, 0.29) is 29.2 Å².